The molecule has 0 amide bonds. The van der Waals surface area contributed by atoms with Crippen LogP contribution in [-0.2, 0) is 0 Å². The molecule has 3 N–H and O–H groups in total. The van der Waals surface area contributed by atoms with Crippen molar-refractivity contribution in [3.8, 4) is 0 Å². The molecule has 0 heterocycles. The first-order chi connectivity index (χ1) is 3.66. The molecule has 0 aliphatic carbocycles. The Kier molecular flexibility index (Phi) is 3.48. The molecule has 48 valence electrons. The van der Waals surface area contributed by atoms with E-state index in [4.69, 9.17) is 10.8 Å². The lowest BCUT2D eigenvalue weighted by molar-refractivity contribution is 0.330. The third-order valence-electron chi connectivity index (χ3n) is 0.797. The number of nitrogens with two attached hydrogens (primary N) is 1. The van der Waals surface area contributed by atoms with Crippen LogP contribution < -0.4 is 5.73 Å². The van der Waals surface area contributed by atoms with Crippen molar-refractivity contribution in [1.29, 1.82) is 0 Å². The van der Waals surface area contributed by atoms with Gasteiger partial charge in [0.05, 0.1) is 6.61 Å². The predicted molar refractivity (Wildman–Crippen MR) is 34.5 cm³/mol. The molecule has 0 spiro atoms. The summed E-state index contributed by atoms with van der Waals surface area (Å²) in [6.45, 7) is 3.84. The second-order valence-corrected chi connectivity index (χ2v) is 2.03. The Morgan fingerprint density at radius 2 is 2.38 bits per heavy atom. The molecule has 1 unspecified atom stereocenters. The van der Waals surface area contributed by atoms with Crippen molar-refractivity contribution in [3.05, 3.63) is 11.6 Å². The van der Waals surface area contributed by atoms with Crippen LogP contribution in [0.25, 0.3) is 0 Å². The summed E-state index contributed by atoms with van der Waals surface area (Å²) in [4.78, 5) is 0. The molecule has 0 aliphatic rings. The van der Waals surface area contributed by atoms with Gasteiger partial charge >= 0.3 is 0 Å². The van der Waals surface area contributed by atoms with Crippen LogP contribution in [0.4, 0.5) is 0 Å². The normalized spacial score (nSPS) is 16.2. The van der Waals surface area contributed by atoms with E-state index in [9.17, 15) is 0 Å². The van der Waals surface area contributed by atoms with Crippen LogP contribution in [-0.4, -0.2) is 17.8 Å². The fraction of sp³-hybridized carbons (Fsp3) is 0.667. The molecule has 0 aromatic carbocycles. The van der Waals surface area contributed by atoms with Crippen molar-refractivity contribution in [2.24, 2.45) is 5.73 Å². The van der Waals surface area contributed by atoms with Gasteiger partial charge in [0.25, 0.3) is 0 Å². The number of aliphatic hydroxyl groups excluding tert-OH is 1. The highest BCUT2D eigenvalue weighted by Crippen LogP contribution is 1.90. The van der Waals surface area contributed by atoms with Gasteiger partial charge in [-0.05, 0) is 13.8 Å². The molecule has 8 heavy (non-hydrogen) atoms. The van der Waals surface area contributed by atoms with Crippen LogP contribution in [0.5, 0.6) is 0 Å². The Morgan fingerprint density at radius 3 is 2.50 bits per heavy atom. The molecular formula is C6H13NO. The van der Waals surface area contributed by atoms with Crippen LogP contribution >= 0.6 is 0 Å². The first-order valence-corrected chi connectivity index (χ1v) is 2.70. The van der Waals surface area contributed by atoms with Crippen molar-refractivity contribution < 1.29 is 5.11 Å². The molecule has 2 heteroatoms. The third-order valence-corrected chi connectivity index (χ3v) is 0.797. The minimum absolute atomic E-state index is 0.0575. The fourth-order valence-corrected chi connectivity index (χ4v) is 0.501. The van der Waals surface area contributed by atoms with Crippen LogP contribution in [0, 0.1) is 0 Å². The SMILES string of the molecule is C/C(=C\C(C)N)CO. The topological polar surface area (TPSA) is 46.2 Å². The summed E-state index contributed by atoms with van der Waals surface area (Å²) in [6, 6.07) is 0.0575. The van der Waals surface area contributed by atoms with E-state index in [0.717, 1.165) is 5.57 Å². The molecule has 0 aromatic rings. The standard InChI is InChI=1S/C6H13NO/c1-5(4-8)3-6(2)7/h3,6,8H,4,7H2,1-2H3/b5-3+. The van der Waals surface area contributed by atoms with E-state index in [0.29, 0.717) is 0 Å². The van der Waals surface area contributed by atoms with Crippen LogP contribution in [0.2, 0.25) is 0 Å². The lowest BCUT2D eigenvalue weighted by Crippen LogP contribution is -2.11. The number of hydrogen-bond acceptors (Lipinski definition) is 2. The van der Waals surface area contributed by atoms with E-state index in [1.165, 1.54) is 0 Å². The van der Waals surface area contributed by atoms with Crippen molar-refractivity contribution in [2.45, 2.75) is 19.9 Å². The molecule has 2 nitrogen and oxygen atoms in total. The maximum atomic E-state index is 8.46. The number of aliphatic hydroxyl groups is 1. The van der Waals surface area contributed by atoms with E-state index < -0.39 is 0 Å². The summed E-state index contributed by atoms with van der Waals surface area (Å²) in [5.74, 6) is 0. The maximum Gasteiger partial charge on any atom is 0.0639 e. The molecule has 1 atom stereocenters. The first-order valence-electron chi connectivity index (χ1n) is 2.70. The van der Waals surface area contributed by atoms with Crippen LogP contribution in [0.15, 0.2) is 11.6 Å². The molecule has 0 aromatic heterocycles. The van der Waals surface area contributed by atoms with E-state index >= 15 is 0 Å². The third kappa shape index (κ3) is 3.84. The lowest BCUT2D eigenvalue weighted by Gasteiger charge is -1.97. The average molecular weight is 115 g/mol. The summed E-state index contributed by atoms with van der Waals surface area (Å²) in [5.41, 5.74) is 6.31. The van der Waals surface area contributed by atoms with E-state index in [-0.39, 0.29) is 12.6 Å². The van der Waals surface area contributed by atoms with Crippen molar-refractivity contribution in [1.82, 2.24) is 0 Å². The van der Waals surface area contributed by atoms with Gasteiger partial charge in [-0.25, -0.2) is 0 Å². The zero-order chi connectivity index (χ0) is 6.57. The molecule has 0 fully saturated rings. The van der Waals surface area contributed by atoms with Gasteiger partial charge in [-0.15, -0.1) is 0 Å². The monoisotopic (exact) mass is 115 g/mol. The van der Waals surface area contributed by atoms with Gasteiger partial charge in [0.15, 0.2) is 0 Å². The largest absolute Gasteiger partial charge is 0.392 e. The Labute approximate surface area is 50.0 Å². The highest BCUT2D eigenvalue weighted by Gasteiger charge is 1.87. The maximum absolute atomic E-state index is 8.46. The van der Waals surface area contributed by atoms with Gasteiger partial charge in [-0.2, -0.15) is 0 Å². The lowest BCUT2D eigenvalue weighted by atomic mass is 10.2. The summed E-state index contributed by atoms with van der Waals surface area (Å²) in [7, 11) is 0. The molecule has 0 saturated heterocycles. The molecule has 0 radical (unpaired) electrons. The molecular weight excluding hydrogens is 102 g/mol. The summed E-state index contributed by atoms with van der Waals surface area (Å²) in [6.07, 6.45) is 1.83. The summed E-state index contributed by atoms with van der Waals surface area (Å²) < 4.78 is 0. The number of rotatable bonds is 2. The Morgan fingerprint density at radius 1 is 1.88 bits per heavy atom. The van der Waals surface area contributed by atoms with E-state index in [2.05, 4.69) is 0 Å². The first kappa shape index (κ1) is 7.66. The second kappa shape index (κ2) is 3.64. The van der Waals surface area contributed by atoms with E-state index in [1.54, 1.807) is 0 Å². The van der Waals surface area contributed by atoms with Crippen LogP contribution in [0.3, 0.4) is 0 Å². The van der Waals surface area contributed by atoms with Gasteiger partial charge in [0.1, 0.15) is 0 Å². The van der Waals surface area contributed by atoms with Gasteiger partial charge in [-0.3, -0.25) is 0 Å². The zero-order valence-electron chi connectivity index (χ0n) is 5.39. The zero-order valence-corrected chi connectivity index (χ0v) is 5.39. The number of hydrogen-bond donors (Lipinski definition) is 2. The molecule has 0 saturated carbocycles. The second-order valence-electron chi connectivity index (χ2n) is 2.03. The minimum Gasteiger partial charge on any atom is -0.392 e. The Balaban J connectivity index is 3.56. The van der Waals surface area contributed by atoms with E-state index in [1.807, 2.05) is 19.9 Å². The van der Waals surface area contributed by atoms with Crippen LogP contribution in [0.1, 0.15) is 13.8 Å². The van der Waals surface area contributed by atoms with Gasteiger partial charge in [-0.1, -0.05) is 11.6 Å². The predicted octanol–water partition coefficient (Wildman–Crippen LogP) is 0.272. The van der Waals surface area contributed by atoms with Gasteiger partial charge < -0.3 is 10.8 Å². The quantitative estimate of drug-likeness (QED) is 0.507. The fourth-order valence-electron chi connectivity index (χ4n) is 0.501. The van der Waals surface area contributed by atoms with Crippen molar-refractivity contribution in [2.75, 3.05) is 6.61 Å². The highest BCUT2D eigenvalue weighted by atomic mass is 16.3. The smallest absolute Gasteiger partial charge is 0.0639 e. The molecule has 0 aliphatic heterocycles. The summed E-state index contributed by atoms with van der Waals surface area (Å²) >= 11 is 0. The summed E-state index contributed by atoms with van der Waals surface area (Å²) in [5, 5.41) is 8.46. The molecule has 0 rings (SSSR count). The average Bonchev–Trinajstić information content (AvgIpc) is 1.65. The Bertz CT molecular complexity index is 86.5. The van der Waals surface area contributed by atoms with Crippen molar-refractivity contribution >= 4 is 0 Å². The Hall–Kier alpha value is -0.340. The van der Waals surface area contributed by atoms with Gasteiger partial charge in [0.2, 0.25) is 0 Å². The highest BCUT2D eigenvalue weighted by molar-refractivity contribution is 5.01. The molecule has 0 bridgehead atoms. The minimum atomic E-state index is 0.0575. The van der Waals surface area contributed by atoms with Crippen molar-refractivity contribution in [3.63, 3.8) is 0 Å². The van der Waals surface area contributed by atoms with Gasteiger partial charge in [0, 0.05) is 6.04 Å².